The highest BCUT2D eigenvalue weighted by atomic mass is 16.5. The Morgan fingerprint density at radius 3 is 2.38 bits per heavy atom. The molecule has 0 radical (unpaired) electrons. The molecule has 3 aromatic rings. The van der Waals surface area contributed by atoms with E-state index < -0.39 is 59.5 Å². The van der Waals surface area contributed by atoms with Crippen LogP contribution in [0.25, 0.3) is 0 Å². The second-order valence-electron chi connectivity index (χ2n) is 12.5. The maximum Gasteiger partial charge on any atom is 0.266 e. The van der Waals surface area contributed by atoms with Crippen LogP contribution >= 0.6 is 0 Å². The summed E-state index contributed by atoms with van der Waals surface area (Å²) in [5, 5.41) is 10.3. The molecule has 52 heavy (non-hydrogen) atoms. The van der Waals surface area contributed by atoms with Crippen molar-refractivity contribution in [2.45, 2.75) is 43.2 Å². The Labute approximate surface area is 298 Å². The lowest BCUT2D eigenvalue weighted by atomic mass is 9.94. The number of ether oxygens (including phenoxy) is 3. The molecule has 0 bridgehead atoms. The van der Waals surface area contributed by atoms with Gasteiger partial charge in [-0.05, 0) is 66.8 Å². The Morgan fingerprint density at radius 2 is 1.69 bits per heavy atom. The van der Waals surface area contributed by atoms with Crippen LogP contribution in [-0.4, -0.2) is 86.2 Å². The molecular weight excluding hydrogens is 674 g/mol. The highest BCUT2D eigenvalue weighted by Gasteiger charge is 2.52. The summed E-state index contributed by atoms with van der Waals surface area (Å²) < 4.78 is 16.7. The first-order valence-corrected chi connectivity index (χ1v) is 16.7. The van der Waals surface area contributed by atoms with Gasteiger partial charge in [-0.3, -0.25) is 43.8 Å². The van der Waals surface area contributed by atoms with Crippen LogP contribution in [0, 0.1) is 0 Å². The van der Waals surface area contributed by atoms with E-state index in [-0.39, 0.29) is 48.8 Å². The van der Waals surface area contributed by atoms with Crippen molar-refractivity contribution in [1.82, 2.24) is 26.2 Å². The van der Waals surface area contributed by atoms with Crippen molar-refractivity contribution in [3.05, 3.63) is 89.0 Å². The zero-order chi connectivity index (χ0) is 37.0. The van der Waals surface area contributed by atoms with E-state index in [1.807, 2.05) is 12.1 Å². The molecule has 1 saturated carbocycles. The number of benzene rings is 3. The van der Waals surface area contributed by atoms with Gasteiger partial charge < -0.3 is 30.2 Å². The molecule has 2 heterocycles. The van der Waals surface area contributed by atoms with Crippen molar-refractivity contribution >= 4 is 41.4 Å². The summed E-state index contributed by atoms with van der Waals surface area (Å²) in [7, 11) is 3.06. The van der Waals surface area contributed by atoms with Gasteiger partial charge in [-0.25, -0.2) is 0 Å². The SMILES string of the molecule is CNC(=O)[C@@H](NC(=O)C1(c2ccc(OC)cc2)CC1)c1cccc(OCCNC(=O)COc2cccc3c2C(=O)N(C2CCC(=O)NC2=O)C3=O)c1. The van der Waals surface area contributed by atoms with E-state index in [0.29, 0.717) is 29.9 Å². The van der Waals surface area contributed by atoms with Crippen molar-refractivity contribution in [1.29, 1.82) is 0 Å². The van der Waals surface area contributed by atoms with Gasteiger partial charge in [0.25, 0.3) is 17.7 Å². The highest BCUT2D eigenvalue weighted by Crippen LogP contribution is 2.49. The standard InChI is InChI=1S/C37H37N5O10/c1-38-33(46)31(41-36(49)37(15-16-37)22-9-11-23(50-2)12-10-22)21-5-3-6-24(19-21)51-18-17-39-29(44)20-52-27-8-4-7-25-30(27)35(48)42(34(25)47)26-13-14-28(43)40-32(26)45/h3-12,19,26,31H,13-18,20H2,1-2H3,(H,38,46)(H,39,44)(H,41,49)(H,40,43,45)/t26?,31-/m0/s1. The monoisotopic (exact) mass is 711 g/mol. The molecule has 15 nitrogen and oxygen atoms in total. The molecule has 15 heteroatoms. The second kappa shape index (κ2) is 14.9. The fourth-order valence-corrected chi connectivity index (χ4v) is 6.34. The third kappa shape index (κ3) is 7.15. The number of nitrogens with one attached hydrogen (secondary N) is 4. The lowest BCUT2D eigenvalue weighted by Gasteiger charge is -2.27. The van der Waals surface area contributed by atoms with Crippen LogP contribution in [0.15, 0.2) is 66.7 Å². The van der Waals surface area contributed by atoms with Gasteiger partial charge in [0.05, 0.1) is 30.2 Å². The lowest BCUT2D eigenvalue weighted by Crippen LogP contribution is -2.54. The Bertz CT molecular complexity index is 1940. The average molecular weight is 712 g/mol. The molecule has 4 N–H and O–H groups in total. The van der Waals surface area contributed by atoms with Gasteiger partial charge in [0.2, 0.25) is 23.6 Å². The largest absolute Gasteiger partial charge is 0.497 e. The molecule has 3 aliphatic rings. The number of hydrogen-bond donors (Lipinski definition) is 4. The zero-order valence-electron chi connectivity index (χ0n) is 28.5. The maximum atomic E-state index is 13.5. The van der Waals surface area contributed by atoms with E-state index in [1.54, 1.807) is 43.5 Å². The zero-order valence-corrected chi connectivity index (χ0v) is 28.5. The molecule has 7 amide bonds. The summed E-state index contributed by atoms with van der Waals surface area (Å²) in [4.78, 5) is 90.1. The van der Waals surface area contributed by atoms with E-state index >= 15 is 0 Å². The van der Waals surface area contributed by atoms with Crippen LogP contribution in [0.4, 0.5) is 0 Å². The van der Waals surface area contributed by atoms with Crippen molar-refractivity contribution in [2.75, 3.05) is 33.9 Å². The molecule has 2 aliphatic heterocycles. The molecule has 1 aliphatic carbocycles. The number of fused-ring (bicyclic) bond motifs is 1. The first kappa shape index (κ1) is 35.6. The maximum absolute atomic E-state index is 13.5. The number of piperidine rings is 1. The molecule has 0 spiro atoms. The minimum Gasteiger partial charge on any atom is -0.497 e. The van der Waals surface area contributed by atoms with Gasteiger partial charge in [-0.1, -0.05) is 30.3 Å². The van der Waals surface area contributed by atoms with E-state index in [4.69, 9.17) is 14.2 Å². The normalized spacial score (nSPS) is 17.7. The minimum absolute atomic E-state index is 0.00299. The van der Waals surface area contributed by atoms with Gasteiger partial charge in [0.1, 0.15) is 35.9 Å². The Kier molecular flexibility index (Phi) is 10.2. The van der Waals surface area contributed by atoms with Crippen LogP contribution in [0.2, 0.25) is 0 Å². The van der Waals surface area contributed by atoms with Gasteiger partial charge in [0, 0.05) is 13.5 Å². The Hall–Kier alpha value is -6.25. The van der Waals surface area contributed by atoms with Crippen LogP contribution in [0.3, 0.4) is 0 Å². The van der Waals surface area contributed by atoms with Gasteiger partial charge in [-0.2, -0.15) is 0 Å². The summed E-state index contributed by atoms with van der Waals surface area (Å²) in [5.41, 5.74) is 0.600. The average Bonchev–Trinajstić information content (AvgIpc) is 3.93. The number of carbonyl (C=O) groups excluding carboxylic acids is 7. The number of carbonyl (C=O) groups is 7. The summed E-state index contributed by atoms with van der Waals surface area (Å²) in [6.45, 7) is -0.335. The molecule has 6 rings (SSSR count). The number of nitrogens with zero attached hydrogens (tertiary/aromatic N) is 1. The summed E-state index contributed by atoms with van der Waals surface area (Å²) >= 11 is 0. The second-order valence-corrected chi connectivity index (χ2v) is 12.5. The number of methoxy groups -OCH3 is 1. The first-order valence-electron chi connectivity index (χ1n) is 16.7. The smallest absolute Gasteiger partial charge is 0.266 e. The third-order valence-electron chi connectivity index (χ3n) is 9.28. The van der Waals surface area contributed by atoms with Crippen molar-refractivity contribution in [3.8, 4) is 17.2 Å². The number of amides is 7. The van der Waals surface area contributed by atoms with E-state index in [1.165, 1.54) is 25.2 Å². The molecule has 1 saturated heterocycles. The number of hydrogen-bond acceptors (Lipinski definition) is 10. The van der Waals surface area contributed by atoms with Crippen LogP contribution < -0.4 is 35.5 Å². The molecule has 270 valence electrons. The molecule has 2 fully saturated rings. The quantitative estimate of drug-likeness (QED) is 0.140. The Morgan fingerprint density at radius 1 is 0.942 bits per heavy atom. The molecule has 3 aromatic carbocycles. The van der Waals surface area contributed by atoms with E-state index in [9.17, 15) is 33.6 Å². The summed E-state index contributed by atoms with van der Waals surface area (Å²) in [5.74, 6) is -2.73. The fourth-order valence-electron chi connectivity index (χ4n) is 6.34. The number of rotatable bonds is 14. The van der Waals surface area contributed by atoms with E-state index in [2.05, 4.69) is 21.3 Å². The predicted molar refractivity (Wildman–Crippen MR) is 182 cm³/mol. The van der Waals surface area contributed by atoms with Gasteiger partial charge in [-0.15, -0.1) is 0 Å². The summed E-state index contributed by atoms with van der Waals surface area (Å²) in [6, 6.07) is 16.3. The van der Waals surface area contributed by atoms with Crippen LogP contribution in [0.5, 0.6) is 17.2 Å². The first-order chi connectivity index (χ1) is 25.1. The van der Waals surface area contributed by atoms with E-state index in [0.717, 1.165) is 10.5 Å². The molecule has 0 aromatic heterocycles. The molecule has 2 atom stereocenters. The number of likely N-dealkylation sites (N-methyl/N-ethyl adjacent to an activating group) is 1. The summed E-state index contributed by atoms with van der Waals surface area (Å²) in [6.07, 6.45) is 1.31. The third-order valence-corrected chi connectivity index (χ3v) is 9.28. The van der Waals surface area contributed by atoms with Crippen LogP contribution in [-0.2, 0) is 29.4 Å². The van der Waals surface area contributed by atoms with Crippen molar-refractivity contribution < 1.29 is 47.8 Å². The molecule has 1 unspecified atom stereocenters. The fraction of sp³-hybridized carbons (Fsp3) is 0.324. The number of imide groups is 2. The van der Waals surface area contributed by atoms with Crippen molar-refractivity contribution in [2.24, 2.45) is 0 Å². The minimum atomic E-state index is -1.13. The van der Waals surface area contributed by atoms with Crippen molar-refractivity contribution in [3.63, 3.8) is 0 Å². The topological polar surface area (TPSA) is 199 Å². The van der Waals surface area contributed by atoms with Crippen LogP contribution in [0.1, 0.15) is 63.6 Å². The van der Waals surface area contributed by atoms with Gasteiger partial charge in [0.15, 0.2) is 6.61 Å². The molecular formula is C37H37N5O10. The predicted octanol–water partition coefficient (Wildman–Crippen LogP) is 1.31. The highest BCUT2D eigenvalue weighted by molar-refractivity contribution is 6.24. The lowest BCUT2D eigenvalue weighted by molar-refractivity contribution is -0.136. The Balaban J connectivity index is 1.01. The van der Waals surface area contributed by atoms with Gasteiger partial charge >= 0.3 is 0 Å².